The summed E-state index contributed by atoms with van der Waals surface area (Å²) in [5.74, 6) is 0.242. The van der Waals surface area contributed by atoms with Gasteiger partial charge in [0.15, 0.2) is 0 Å². The van der Waals surface area contributed by atoms with Crippen molar-refractivity contribution in [3.63, 3.8) is 0 Å². The smallest absolute Gasteiger partial charge is 0.230 e. The molecule has 0 aliphatic heterocycles. The zero-order chi connectivity index (χ0) is 16.9. The van der Waals surface area contributed by atoms with Crippen molar-refractivity contribution >= 4 is 29.3 Å². The van der Waals surface area contributed by atoms with Crippen LogP contribution in [0.5, 0.6) is 0 Å². The van der Waals surface area contributed by atoms with Gasteiger partial charge in [0.1, 0.15) is 0 Å². The van der Waals surface area contributed by atoms with Crippen LogP contribution in [0.3, 0.4) is 0 Å². The van der Waals surface area contributed by atoms with Crippen LogP contribution in [0.25, 0.3) is 0 Å². The molecule has 2 aromatic rings. The van der Waals surface area contributed by atoms with Gasteiger partial charge in [-0.2, -0.15) is 0 Å². The molecule has 24 heavy (non-hydrogen) atoms. The van der Waals surface area contributed by atoms with Crippen molar-refractivity contribution in [2.45, 2.75) is 49.8 Å². The SMILES string of the molecule is CC(NC(=O)CSc1nnnn1C1CCCC1)c1cccc(Cl)c1. The molecular weight excluding hydrogens is 346 g/mol. The largest absolute Gasteiger partial charge is 0.349 e. The van der Waals surface area contributed by atoms with Gasteiger partial charge in [0.2, 0.25) is 11.1 Å². The number of tetrazole rings is 1. The fourth-order valence-corrected chi connectivity index (χ4v) is 3.89. The lowest BCUT2D eigenvalue weighted by molar-refractivity contribution is -0.119. The van der Waals surface area contributed by atoms with Gasteiger partial charge in [-0.15, -0.1) is 5.10 Å². The van der Waals surface area contributed by atoms with Crippen molar-refractivity contribution in [3.8, 4) is 0 Å². The summed E-state index contributed by atoms with van der Waals surface area (Å²) < 4.78 is 1.87. The molecule has 1 aromatic heterocycles. The summed E-state index contributed by atoms with van der Waals surface area (Å²) in [5, 5.41) is 16.2. The van der Waals surface area contributed by atoms with E-state index in [1.54, 1.807) is 0 Å². The highest BCUT2D eigenvalue weighted by Crippen LogP contribution is 2.31. The lowest BCUT2D eigenvalue weighted by Crippen LogP contribution is -2.28. The molecule has 1 aliphatic rings. The molecule has 128 valence electrons. The molecule has 1 aliphatic carbocycles. The molecule has 1 unspecified atom stereocenters. The molecule has 1 heterocycles. The van der Waals surface area contributed by atoms with Crippen LogP contribution in [0.1, 0.15) is 50.3 Å². The van der Waals surface area contributed by atoms with Gasteiger partial charge in [0.25, 0.3) is 0 Å². The minimum Gasteiger partial charge on any atom is -0.349 e. The third kappa shape index (κ3) is 4.27. The third-order valence-corrected chi connectivity index (χ3v) is 5.36. The summed E-state index contributed by atoms with van der Waals surface area (Å²) in [4.78, 5) is 12.2. The number of hydrogen-bond acceptors (Lipinski definition) is 5. The Morgan fingerprint density at radius 3 is 3.00 bits per heavy atom. The predicted molar refractivity (Wildman–Crippen MR) is 94.1 cm³/mol. The van der Waals surface area contributed by atoms with Crippen LogP contribution in [0, 0.1) is 0 Å². The fraction of sp³-hybridized carbons (Fsp3) is 0.500. The van der Waals surface area contributed by atoms with E-state index in [1.807, 2.05) is 35.9 Å². The van der Waals surface area contributed by atoms with E-state index in [2.05, 4.69) is 20.8 Å². The van der Waals surface area contributed by atoms with Crippen LogP contribution < -0.4 is 5.32 Å². The molecule has 8 heteroatoms. The van der Waals surface area contributed by atoms with Crippen LogP contribution in [0.2, 0.25) is 5.02 Å². The molecule has 3 rings (SSSR count). The van der Waals surface area contributed by atoms with Crippen molar-refractivity contribution in [2.75, 3.05) is 5.75 Å². The Morgan fingerprint density at radius 1 is 1.46 bits per heavy atom. The minimum atomic E-state index is -0.0948. The van der Waals surface area contributed by atoms with E-state index in [9.17, 15) is 4.79 Å². The molecule has 0 spiro atoms. The van der Waals surface area contributed by atoms with Crippen LogP contribution >= 0.6 is 23.4 Å². The first-order valence-electron chi connectivity index (χ1n) is 8.09. The number of halogens is 1. The Kier molecular flexibility index (Phi) is 5.73. The molecule has 1 N–H and O–H groups in total. The van der Waals surface area contributed by atoms with Crippen LogP contribution in [0.4, 0.5) is 0 Å². The first-order valence-corrected chi connectivity index (χ1v) is 9.45. The molecule has 0 radical (unpaired) electrons. The van der Waals surface area contributed by atoms with E-state index >= 15 is 0 Å². The molecule has 0 bridgehead atoms. The Balaban J connectivity index is 1.53. The summed E-state index contributed by atoms with van der Waals surface area (Å²) in [7, 11) is 0. The maximum atomic E-state index is 12.2. The van der Waals surface area contributed by atoms with Crippen molar-refractivity contribution in [3.05, 3.63) is 34.9 Å². The molecular formula is C16H20ClN5OS. The second-order valence-corrected chi connectivity index (χ2v) is 7.36. The number of rotatable bonds is 6. The zero-order valence-corrected chi connectivity index (χ0v) is 15.1. The number of nitrogens with zero attached hydrogens (tertiary/aromatic N) is 4. The Bertz CT molecular complexity index is 701. The maximum absolute atomic E-state index is 12.2. The lowest BCUT2D eigenvalue weighted by Gasteiger charge is -2.15. The molecule has 0 saturated heterocycles. The van der Waals surface area contributed by atoms with Crippen molar-refractivity contribution in [2.24, 2.45) is 0 Å². The number of nitrogens with one attached hydrogen (secondary N) is 1. The lowest BCUT2D eigenvalue weighted by atomic mass is 10.1. The molecule has 1 saturated carbocycles. The zero-order valence-electron chi connectivity index (χ0n) is 13.5. The predicted octanol–water partition coefficient (Wildman–Crippen LogP) is 3.41. The highest BCUT2D eigenvalue weighted by molar-refractivity contribution is 7.99. The quantitative estimate of drug-likeness (QED) is 0.794. The molecule has 1 amide bonds. The summed E-state index contributed by atoms with van der Waals surface area (Å²) in [6.07, 6.45) is 4.64. The van der Waals surface area contributed by atoms with Crippen LogP contribution in [-0.4, -0.2) is 31.9 Å². The number of carbonyl (C=O) groups excluding carboxylic acids is 1. The minimum absolute atomic E-state index is 0.0477. The Morgan fingerprint density at radius 2 is 2.25 bits per heavy atom. The van der Waals surface area contributed by atoms with E-state index < -0.39 is 0 Å². The van der Waals surface area contributed by atoms with Crippen molar-refractivity contribution in [1.29, 1.82) is 0 Å². The summed E-state index contributed by atoms with van der Waals surface area (Å²) in [6.45, 7) is 1.94. The second kappa shape index (κ2) is 7.98. The topological polar surface area (TPSA) is 72.7 Å². The molecule has 6 nitrogen and oxygen atoms in total. The van der Waals surface area contributed by atoms with E-state index in [1.165, 1.54) is 24.6 Å². The number of carbonyl (C=O) groups is 1. The standard InChI is InChI=1S/C16H20ClN5OS/c1-11(12-5-4-6-13(17)9-12)18-15(23)10-24-16-19-20-21-22(16)14-7-2-3-8-14/h4-6,9,11,14H,2-3,7-8,10H2,1H3,(H,18,23). The average Bonchev–Trinajstić information content (AvgIpc) is 3.23. The number of thioether (sulfide) groups is 1. The number of benzene rings is 1. The van der Waals surface area contributed by atoms with Gasteiger partial charge in [0, 0.05) is 5.02 Å². The van der Waals surface area contributed by atoms with E-state index in [-0.39, 0.29) is 17.7 Å². The fourth-order valence-electron chi connectivity index (χ4n) is 2.93. The van der Waals surface area contributed by atoms with Gasteiger partial charge in [-0.1, -0.05) is 48.3 Å². The third-order valence-electron chi connectivity index (χ3n) is 4.19. The maximum Gasteiger partial charge on any atom is 0.230 e. The summed E-state index contributed by atoms with van der Waals surface area (Å²) in [5.41, 5.74) is 0.983. The first kappa shape index (κ1) is 17.2. The summed E-state index contributed by atoms with van der Waals surface area (Å²) in [6, 6.07) is 7.78. The number of amides is 1. The Hall–Kier alpha value is -1.60. The number of hydrogen-bond donors (Lipinski definition) is 1. The van der Waals surface area contributed by atoms with Gasteiger partial charge in [-0.05, 0) is 47.9 Å². The van der Waals surface area contributed by atoms with Gasteiger partial charge in [0.05, 0.1) is 17.8 Å². The van der Waals surface area contributed by atoms with E-state index in [0.717, 1.165) is 18.4 Å². The molecule has 1 aromatic carbocycles. The van der Waals surface area contributed by atoms with Gasteiger partial charge in [-0.3, -0.25) is 4.79 Å². The average molecular weight is 366 g/mol. The monoisotopic (exact) mass is 365 g/mol. The van der Waals surface area contributed by atoms with Crippen molar-refractivity contribution in [1.82, 2.24) is 25.5 Å². The highest BCUT2D eigenvalue weighted by atomic mass is 35.5. The normalized spacial score (nSPS) is 16.2. The van der Waals surface area contributed by atoms with E-state index in [4.69, 9.17) is 11.6 Å². The van der Waals surface area contributed by atoms with Gasteiger partial charge < -0.3 is 5.32 Å². The van der Waals surface area contributed by atoms with Crippen LogP contribution in [0.15, 0.2) is 29.4 Å². The number of aromatic nitrogens is 4. The molecule has 1 fully saturated rings. The van der Waals surface area contributed by atoms with E-state index in [0.29, 0.717) is 16.2 Å². The second-order valence-electron chi connectivity index (χ2n) is 5.98. The molecule has 1 atom stereocenters. The highest BCUT2D eigenvalue weighted by Gasteiger charge is 2.22. The first-order chi connectivity index (χ1) is 11.6. The van der Waals surface area contributed by atoms with Gasteiger partial charge >= 0.3 is 0 Å². The summed E-state index contributed by atoms with van der Waals surface area (Å²) >= 11 is 7.37. The Labute approximate surface area is 150 Å². The van der Waals surface area contributed by atoms with Crippen molar-refractivity contribution < 1.29 is 4.79 Å². The van der Waals surface area contributed by atoms with Crippen LogP contribution in [-0.2, 0) is 4.79 Å². The van der Waals surface area contributed by atoms with Gasteiger partial charge in [-0.25, -0.2) is 4.68 Å².